The quantitative estimate of drug-likeness (QED) is 0.596. The molecule has 22 heavy (non-hydrogen) atoms. The van der Waals surface area contributed by atoms with Crippen molar-refractivity contribution in [1.82, 2.24) is 0 Å². The van der Waals surface area contributed by atoms with Gasteiger partial charge in [-0.2, -0.15) is 8.78 Å². The van der Waals surface area contributed by atoms with Crippen LogP contribution in [0, 0.1) is 17.0 Å². The molecule has 0 saturated heterocycles. The first-order valence-electron chi connectivity index (χ1n) is 6.37. The monoisotopic (exact) mass is 309 g/mol. The van der Waals surface area contributed by atoms with E-state index in [1.807, 2.05) is 0 Å². The lowest BCUT2D eigenvalue weighted by molar-refractivity contribution is -0.386. The second kappa shape index (κ2) is 6.84. The Morgan fingerprint density at radius 1 is 1.18 bits per heavy atom. The summed E-state index contributed by atoms with van der Waals surface area (Å²) in [4.78, 5) is 10.5. The van der Waals surface area contributed by atoms with Crippen molar-refractivity contribution in [2.45, 2.75) is 20.1 Å². The molecule has 116 valence electrons. The van der Waals surface area contributed by atoms with Crippen molar-refractivity contribution in [3.8, 4) is 11.5 Å². The van der Waals surface area contributed by atoms with Gasteiger partial charge in [0.25, 0.3) is 0 Å². The molecule has 0 atom stereocenters. The number of nitrogens with zero attached hydrogens (tertiary/aromatic N) is 1. The number of alkyl halides is 2. The fraction of sp³-hybridized carbons (Fsp3) is 0.200. The van der Waals surface area contributed by atoms with Crippen LogP contribution in [0.2, 0.25) is 0 Å². The summed E-state index contributed by atoms with van der Waals surface area (Å²) in [6.45, 7) is -1.05. The molecule has 0 aromatic heterocycles. The van der Waals surface area contributed by atoms with Crippen molar-refractivity contribution in [2.24, 2.45) is 0 Å². The summed E-state index contributed by atoms with van der Waals surface area (Å²) in [6, 6.07) is 10.5. The SMILES string of the molecule is Cc1ccc(OCc2ccc(OC(F)F)cc2)c([N+](=O)[O-])c1. The van der Waals surface area contributed by atoms with Gasteiger partial charge in [0.1, 0.15) is 12.4 Å². The predicted molar refractivity (Wildman–Crippen MR) is 75.2 cm³/mol. The maximum absolute atomic E-state index is 12.0. The smallest absolute Gasteiger partial charge is 0.387 e. The molecule has 7 heteroatoms. The molecule has 0 bridgehead atoms. The van der Waals surface area contributed by atoms with Crippen LogP contribution in [0.25, 0.3) is 0 Å². The molecule has 0 radical (unpaired) electrons. The van der Waals surface area contributed by atoms with Crippen LogP contribution in [0.1, 0.15) is 11.1 Å². The summed E-state index contributed by atoms with van der Waals surface area (Å²) < 4.78 is 33.7. The number of ether oxygens (including phenoxy) is 2. The molecule has 5 nitrogen and oxygen atoms in total. The van der Waals surface area contributed by atoms with E-state index in [-0.39, 0.29) is 23.8 Å². The van der Waals surface area contributed by atoms with Crippen molar-refractivity contribution >= 4 is 5.69 Å². The first-order valence-corrected chi connectivity index (χ1v) is 6.37. The van der Waals surface area contributed by atoms with Crippen LogP contribution in [-0.4, -0.2) is 11.5 Å². The van der Waals surface area contributed by atoms with Gasteiger partial charge in [-0.25, -0.2) is 0 Å². The maximum Gasteiger partial charge on any atom is 0.387 e. The normalized spacial score (nSPS) is 10.5. The molecule has 0 N–H and O–H groups in total. The molecule has 0 spiro atoms. The van der Waals surface area contributed by atoms with Crippen molar-refractivity contribution < 1.29 is 23.2 Å². The lowest BCUT2D eigenvalue weighted by Gasteiger charge is -2.08. The topological polar surface area (TPSA) is 61.6 Å². The number of aryl methyl sites for hydroxylation is 1. The molecule has 0 saturated carbocycles. The number of rotatable bonds is 6. The molecule has 0 fully saturated rings. The van der Waals surface area contributed by atoms with Crippen molar-refractivity contribution in [1.29, 1.82) is 0 Å². The molecule has 2 aromatic rings. The highest BCUT2D eigenvalue weighted by atomic mass is 19.3. The van der Waals surface area contributed by atoms with E-state index < -0.39 is 11.5 Å². The molecule has 0 unspecified atom stereocenters. The van der Waals surface area contributed by atoms with Gasteiger partial charge in [-0.15, -0.1) is 0 Å². The number of nitro groups is 1. The number of hydrogen-bond acceptors (Lipinski definition) is 4. The lowest BCUT2D eigenvalue weighted by atomic mass is 10.2. The average Bonchev–Trinajstić information content (AvgIpc) is 2.46. The minimum Gasteiger partial charge on any atom is -0.482 e. The fourth-order valence-electron chi connectivity index (χ4n) is 1.82. The van der Waals surface area contributed by atoms with Crippen LogP contribution in [-0.2, 0) is 6.61 Å². The second-order valence-electron chi connectivity index (χ2n) is 4.54. The predicted octanol–water partition coefficient (Wildman–Crippen LogP) is 4.08. The van der Waals surface area contributed by atoms with Crippen LogP contribution in [0.3, 0.4) is 0 Å². The highest BCUT2D eigenvalue weighted by molar-refractivity contribution is 5.48. The van der Waals surface area contributed by atoms with E-state index >= 15 is 0 Å². The number of benzene rings is 2. The number of hydrogen-bond donors (Lipinski definition) is 0. The van der Waals surface area contributed by atoms with Crippen molar-refractivity contribution in [3.05, 3.63) is 63.7 Å². The van der Waals surface area contributed by atoms with Crippen LogP contribution in [0.15, 0.2) is 42.5 Å². The van der Waals surface area contributed by atoms with Crippen molar-refractivity contribution in [2.75, 3.05) is 0 Å². The molecule has 0 heterocycles. The third-order valence-electron chi connectivity index (χ3n) is 2.85. The highest BCUT2D eigenvalue weighted by Crippen LogP contribution is 2.28. The van der Waals surface area contributed by atoms with E-state index in [1.54, 1.807) is 25.1 Å². The molecular formula is C15H13F2NO4. The Balaban J connectivity index is 2.05. The van der Waals surface area contributed by atoms with Gasteiger partial charge in [0, 0.05) is 6.07 Å². The summed E-state index contributed by atoms with van der Waals surface area (Å²) in [5, 5.41) is 11.0. The van der Waals surface area contributed by atoms with Gasteiger partial charge in [-0.3, -0.25) is 10.1 Å². The summed E-state index contributed by atoms with van der Waals surface area (Å²) in [6.07, 6.45) is 0. The third kappa shape index (κ3) is 4.15. The molecule has 0 amide bonds. The van der Waals surface area contributed by atoms with E-state index in [1.165, 1.54) is 24.3 Å². The largest absolute Gasteiger partial charge is 0.482 e. The van der Waals surface area contributed by atoms with Gasteiger partial charge >= 0.3 is 12.3 Å². The number of halogens is 2. The Labute approximate surface area is 125 Å². The summed E-state index contributed by atoms with van der Waals surface area (Å²) in [5.74, 6) is 0.198. The highest BCUT2D eigenvalue weighted by Gasteiger charge is 2.15. The van der Waals surface area contributed by atoms with Gasteiger partial charge in [0.2, 0.25) is 0 Å². The second-order valence-corrected chi connectivity index (χ2v) is 4.54. The van der Waals surface area contributed by atoms with E-state index in [4.69, 9.17) is 4.74 Å². The van der Waals surface area contributed by atoms with Gasteiger partial charge in [-0.05, 0) is 36.2 Å². The molecule has 2 rings (SSSR count). The first-order chi connectivity index (χ1) is 10.5. The first kappa shape index (κ1) is 15.7. The van der Waals surface area contributed by atoms with E-state index in [2.05, 4.69) is 4.74 Å². The van der Waals surface area contributed by atoms with Crippen LogP contribution in [0.5, 0.6) is 11.5 Å². The minimum absolute atomic E-state index is 0.0417. The Morgan fingerprint density at radius 3 is 2.45 bits per heavy atom. The summed E-state index contributed by atoms with van der Waals surface area (Å²) >= 11 is 0. The van der Waals surface area contributed by atoms with Gasteiger partial charge in [0.05, 0.1) is 4.92 Å². The van der Waals surface area contributed by atoms with Crippen molar-refractivity contribution in [3.63, 3.8) is 0 Å². The molecule has 0 aliphatic heterocycles. The summed E-state index contributed by atoms with van der Waals surface area (Å²) in [5.41, 5.74) is 1.32. The van der Waals surface area contributed by atoms with Crippen LogP contribution >= 0.6 is 0 Å². The van der Waals surface area contributed by atoms with E-state index in [9.17, 15) is 18.9 Å². The molecule has 0 aliphatic carbocycles. The van der Waals surface area contributed by atoms with Crippen LogP contribution in [0.4, 0.5) is 14.5 Å². The molecule has 2 aromatic carbocycles. The van der Waals surface area contributed by atoms with Crippen LogP contribution < -0.4 is 9.47 Å². The number of nitro benzene ring substituents is 1. The Morgan fingerprint density at radius 2 is 1.86 bits per heavy atom. The zero-order chi connectivity index (χ0) is 16.1. The van der Waals surface area contributed by atoms with Gasteiger partial charge in [-0.1, -0.05) is 18.2 Å². The zero-order valence-electron chi connectivity index (χ0n) is 11.7. The third-order valence-corrected chi connectivity index (χ3v) is 2.85. The van der Waals surface area contributed by atoms with E-state index in [0.717, 1.165) is 5.56 Å². The minimum atomic E-state index is -2.88. The Kier molecular flexibility index (Phi) is 4.88. The van der Waals surface area contributed by atoms with Gasteiger partial charge in [0.15, 0.2) is 5.75 Å². The fourth-order valence-corrected chi connectivity index (χ4v) is 1.82. The average molecular weight is 309 g/mol. The Hall–Kier alpha value is -2.70. The maximum atomic E-state index is 12.0. The Bertz CT molecular complexity index is 659. The van der Waals surface area contributed by atoms with Gasteiger partial charge < -0.3 is 9.47 Å². The molecule has 0 aliphatic rings. The molecular weight excluding hydrogens is 296 g/mol. The summed E-state index contributed by atoms with van der Waals surface area (Å²) in [7, 11) is 0. The van der Waals surface area contributed by atoms with E-state index in [0.29, 0.717) is 5.56 Å². The standard InChI is InChI=1S/C15H13F2NO4/c1-10-2-7-14(13(8-10)18(19)20)21-9-11-3-5-12(6-4-11)22-15(16)17/h2-8,15H,9H2,1H3. The lowest BCUT2D eigenvalue weighted by Crippen LogP contribution is -2.02. The zero-order valence-corrected chi connectivity index (χ0v) is 11.7.